The molecule has 5 amide bonds. The molecule has 16 heteroatoms. The van der Waals surface area contributed by atoms with Crippen molar-refractivity contribution in [2.75, 3.05) is 0 Å². The molecule has 0 spiro atoms. The number of amides is 5. The van der Waals surface area contributed by atoms with E-state index in [1.807, 2.05) is 5.32 Å². The van der Waals surface area contributed by atoms with E-state index in [1.165, 1.54) is 0 Å². The molecule has 0 saturated heterocycles. The van der Waals surface area contributed by atoms with Gasteiger partial charge in [-0.1, -0.05) is 0 Å². The Labute approximate surface area is 199 Å². The molecule has 0 aromatic heterocycles. The molecule has 0 fully saturated rings. The second-order valence-electron chi connectivity index (χ2n) is 7.74. The van der Waals surface area contributed by atoms with E-state index in [2.05, 4.69) is 10.6 Å². The normalized spacial score (nSPS) is 14.9. The van der Waals surface area contributed by atoms with Crippen LogP contribution in [0.3, 0.4) is 0 Å². The predicted octanol–water partition coefficient (Wildman–Crippen LogP) is -4.37. The van der Waals surface area contributed by atoms with Gasteiger partial charge in [0.05, 0.1) is 12.1 Å². The van der Waals surface area contributed by atoms with Gasteiger partial charge in [-0.3, -0.25) is 28.8 Å². The van der Waals surface area contributed by atoms with Gasteiger partial charge in [0.15, 0.2) is 0 Å². The van der Waals surface area contributed by atoms with Gasteiger partial charge < -0.3 is 48.5 Å². The van der Waals surface area contributed by atoms with Crippen LogP contribution in [0.2, 0.25) is 0 Å². The first-order valence-corrected chi connectivity index (χ1v) is 10.5. The number of aliphatic hydroxyl groups excluding tert-OH is 1. The summed E-state index contributed by atoms with van der Waals surface area (Å²) in [7, 11) is 0. The fourth-order valence-corrected chi connectivity index (χ4v) is 2.71. The van der Waals surface area contributed by atoms with E-state index in [1.54, 1.807) is 0 Å². The van der Waals surface area contributed by atoms with Crippen LogP contribution in [0.4, 0.5) is 0 Å². The minimum Gasteiger partial charge on any atom is -0.481 e. The van der Waals surface area contributed by atoms with E-state index in [9.17, 15) is 43.8 Å². The highest BCUT2D eigenvalue weighted by Crippen LogP contribution is 2.05. The monoisotopic (exact) mass is 504 g/mol. The molecule has 0 saturated carbocycles. The van der Waals surface area contributed by atoms with Gasteiger partial charge in [-0.25, -0.2) is 4.79 Å². The predicted molar refractivity (Wildman–Crippen MR) is 117 cm³/mol. The number of nitrogens with two attached hydrogens (primary N) is 3. The molecule has 5 atom stereocenters. The molecule has 198 valence electrons. The van der Waals surface area contributed by atoms with Crippen molar-refractivity contribution in [1.29, 1.82) is 0 Å². The number of carboxylic acid groups (broad SMARTS) is 2. The Morgan fingerprint density at radius 2 is 1.20 bits per heavy atom. The Bertz CT molecular complexity index is 818. The number of hydrogen-bond donors (Lipinski definition) is 9. The van der Waals surface area contributed by atoms with Crippen LogP contribution in [0.15, 0.2) is 0 Å². The second kappa shape index (κ2) is 15.2. The number of carbonyl (C=O) groups excluding carboxylic acids is 5. The summed E-state index contributed by atoms with van der Waals surface area (Å²) < 4.78 is 0. The number of rotatable bonds is 17. The number of aliphatic hydroxyl groups is 1. The molecule has 5 unspecified atom stereocenters. The largest absolute Gasteiger partial charge is 0.481 e. The van der Waals surface area contributed by atoms with Crippen LogP contribution in [0.5, 0.6) is 0 Å². The van der Waals surface area contributed by atoms with Crippen LogP contribution in [0, 0.1) is 0 Å². The number of carbonyl (C=O) groups is 7. The maximum atomic E-state index is 12.8. The van der Waals surface area contributed by atoms with Gasteiger partial charge in [0, 0.05) is 19.3 Å². The number of aliphatic carboxylic acids is 2. The number of carboxylic acids is 2. The first-order chi connectivity index (χ1) is 16.1. The molecular weight excluding hydrogens is 472 g/mol. The molecule has 0 radical (unpaired) electrons. The fraction of sp³-hybridized carbons (Fsp3) is 0.632. The van der Waals surface area contributed by atoms with Crippen molar-refractivity contribution in [3.8, 4) is 0 Å². The zero-order valence-electron chi connectivity index (χ0n) is 19.1. The highest BCUT2D eigenvalue weighted by Gasteiger charge is 2.33. The molecule has 0 rings (SSSR count). The minimum atomic E-state index is -1.70. The van der Waals surface area contributed by atoms with Crippen LogP contribution in [-0.2, 0) is 33.6 Å². The Morgan fingerprint density at radius 1 is 0.714 bits per heavy atom. The molecule has 0 aliphatic rings. The third kappa shape index (κ3) is 12.9. The summed E-state index contributed by atoms with van der Waals surface area (Å²) in [6.45, 7) is 1.12. The lowest BCUT2D eigenvalue weighted by Gasteiger charge is -2.26. The van der Waals surface area contributed by atoms with Crippen molar-refractivity contribution < 1.29 is 48.9 Å². The zero-order chi connectivity index (χ0) is 27.3. The van der Waals surface area contributed by atoms with Crippen molar-refractivity contribution in [3.05, 3.63) is 0 Å². The van der Waals surface area contributed by atoms with Crippen molar-refractivity contribution in [2.24, 2.45) is 17.2 Å². The van der Waals surface area contributed by atoms with Crippen LogP contribution in [0.25, 0.3) is 0 Å². The quantitative estimate of drug-likeness (QED) is 0.0911. The Morgan fingerprint density at radius 3 is 1.66 bits per heavy atom. The summed E-state index contributed by atoms with van der Waals surface area (Å²) in [5, 5.41) is 34.3. The fourth-order valence-electron chi connectivity index (χ4n) is 2.71. The van der Waals surface area contributed by atoms with Gasteiger partial charge in [0.1, 0.15) is 18.1 Å². The second-order valence-corrected chi connectivity index (χ2v) is 7.74. The third-order valence-corrected chi connectivity index (χ3v) is 4.68. The molecule has 0 aromatic rings. The molecule has 0 aromatic carbocycles. The lowest BCUT2D eigenvalue weighted by molar-refractivity contribution is -0.144. The highest BCUT2D eigenvalue weighted by atomic mass is 16.4. The van der Waals surface area contributed by atoms with Crippen molar-refractivity contribution in [1.82, 2.24) is 16.0 Å². The molecule has 0 bridgehead atoms. The highest BCUT2D eigenvalue weighted by molar-refractivity contribution is 5.94. The summed E-state index contributed by atoms with van der Waals surface area (Å²) in [6.07, 6.45) is -3.56. The van der Waals surface area contributed by atoms with Crippen LogP contribution in [0.1, 0.15) is 45.4 Å². The third-order valence-electron chi connectivity index (χ3n) is 4.68. The Balaban J connectivity index is 5.47. The molecule has 16 nitrogen and oxygen atoms in total. The van der Waals surface area contributed by atoms with Gasteiger partial charge in [-0.15, -0.1) is 0 Å². The van der Waals surface area contributed by atoms with E-state index in [-0.39, 0.29) is 25.7 Å². The van der Waals surface area contributed by atoms with Gasteiger partial charge >= 0.3 is 11.9 Å². The maximum absolute atomic E-state index is 12.8. The number of primary amides is 2. The van der Waals surface area contributed by atoms with Gasteiger partial charge in [-0.2, -0.15) is 0 Å². The average molecular weight is 504 g/mol. The molecule has 35 heavy (non-hydrogen) atoms. The van der Waals surface area contributed by atoms with E-state index in [0.717, 1.165) is 6.92 Å². The van der Waals surface area contributed by atoms with Gasteiger partial charge in [0.2, 0.25) is 29.5 Å². The van der Waals surface area contributed by atoms with Crippen molar-refractivity contribution in [2.45, 2.75) is 75.7 Å². The summed E-state index contributed by atoms with van der Waals surface area (Å²) >= 11 is 0. The van der Waals surface area contributed by atoms with E-state index in [0.29, 0.717) is 0 Å². The van der Waals surface area contributed by atoms with E-state index >= 15 is 0 Å². The van der Waals surface area contributed by atoms with Crippen LogP contribution >= 0.6 is 0 Å². The Kier molecular flexibility index (Phi) is 13.5. The number of nitrogens with one attached hydrogen (secondary N) is 3. The standard InChI is InChI=1S/C19H32N6O10/c1-8(26)15(18(33)24-11(19(34)35)4-7-14(29)30)25-17(32)10(3-6-13(22)28)23-16(31)9(20)2-5-12(21)27/h8-11,15,26H,2-7,20H2,1H3,(H2,21,27)(H2,22,28)(H,23,31)(H,24,33)(H,25,32)(H,29,30)(H,34,35). The summed E-state index contributed by atoms with van der Waals surface area (Å²) in [5.41, 5.74) is 15.7. The first kappa shape index (κ1) is 31.2. The molecule has 0 aliphatic heterocycles. The van der Waals surface area contributed by atoms with Crippen molar-refractivity contribution in [3.63, 3.8) is 0 Å². The minimum absolute atomic E-state index is 0.128. The maximum Gasteiger partial charge on any atom is 0.326 e. The van der Waals surface area contributed by atoms with E-state index in [4.69, 9.17) is 22.3 Å². The lowest BCUT2D eigenvalue weighted by atomic mass is 10.1. The smallest absolute Gasteiger partial charge is 0.326 e. The van der Waals surface area contributed by atoms with Gasteiger partial charge in [-0.05, 0) is 26.2 Å². The van der Waals surface area contributed by atoms with E-state index < -0.39 is 84.6 Å². The summed E-state index contributed by atoms with van der Waals surface area (Å²) in [6, 6.07) is -5.99. The molecule has 0 aliphatic carbocycles. The summed E-state index contributed by atoms with van der Waals surface area (Å²) in [4.78, 5) is 81.6. The Hall–Kier alpha value is -3.79. The molecule has 12 N–H and O–H groups in total. The van der Waals surface area contributed by atoms with Crippen LogP contribution < -0.4 is 33.2 Å². The van der Waals surface area contributed by atoms with Crippen LogP contribution in [-0.4, -0.2) is 87.1 Å². The topological polar surface area (TPSA) is 294 Å². The molecular formula is C19H32N6O10. The van der Waals surface area contributed by atoms with Gasteiger partial charge in [0.25, 0.3) is 0 Å². The summed E-state index contributed by atoms with van der Waals surface area (Å²) in [5.74, 6) is -7.37. The zero-order valence-corrected chi connectivity index (χ0v) is 19.1. The number of hydrogen-bond acceptors (Lipinski definition) is 9. The SMILES string of the molecule is CC(O)C(NC(=O)C(CCC(N)=O)NC(=O)C(N)CCC(N)=O)C(=O)NC(CCC(=O)O)C(=O)O. The van der Waals surface area contributed by atoms with Crippen molar-refractivity contribution >= 4 is 41.5 Å². The first-order valence-electron chi connectivity index (χ1n) is 10.5. The lowest BCUT2D eigenvalue weighted by Crippen LogP contribution is -2.60. The molecule has 0 heterocycles. The average Bonchev–Trinajstić information content (AvgIpc) is 2.74.